The first-order valence-corrected chi connectivity index (χ1v) is 8.28. The lowest BCUT2D eigenvalue weighted by atomic mass is 9.93. The Morgan fingerprint density at radius 1 is 1.29 bits per heavy atom. The molecule has 0 unspecified atom stereocenters. The van der Waals surface area contributed by atoms with Gasteiger partial charge in [0.25, 0.3) is 0 Å². The molecule has 0 saturated carbocycles. The van der Waals surface area contributed by atoms with Crippen molar-refractivity contribution in [1.29, 1.82) is 0 Å². The van der Waals surface area contributed by atoms with Crippen molar-refractivity contribution in [3.63, 3.8) is 0 Å². The van der Waals surface area contributed by atoms with E-state index in [1.165, 1.54) is 12.0 Å². The summed E-state index contributed by atoms with van der Waals surface area (Å²) in [4.78, 5) is 14.0. The van der Waals surface area contributed by atoms with Gasteiger partial charge in [0, 0.05) is 31.7 Å². The molecule has 0 aromatic carbocycles. The van der Waals surface area contributed by atoms with Gasteiger partial charge in [-0.25, -0.2) is 0 Å². The molecular weight excluding hydrogens is 262 g/mol. The standard InChI is InChI=1S/C17H29N3O/c1-13(2)16-11-18-20(12-16)10-7-15-5-8-19(9-6-15)17(21)14(3)4/h11-15H,5-10H2,1-4H3. The first-order valence-electron chi connectivity index (χ1n) is 8.28. The molecule has 21 heavy (non-hydrogen) atoms. The van der Waals surface area contributed by atoms with Gasteiger partial charge in [-0.05, 0) is 36.7 Å². The number of amides is 1. The van der Waals surface area contributed by atoms with E-state index in [0.717, 1.165) is 38.4 Å². The topological polar surface area (TPSA) is 38.1 Å². The van der Waals surface area contributed by atoms with Crippen LogP contribution >= 0.6 is 0 Å². The van der Waals surface area contributed by atoms with Crippen molar-refractivity contribution < 1.29 is 4.79 Å². The number of aromatic nitrogens is 2. The van der Waals surface area contributed by atoms with Gasteiger partial charge in [-0.1, -0.05) is 27.7 Å². The first kappa shape index (κ1) is 16.1. The van der Waals surface area contributed by atoms with Gasteiger partial charge in [0.2, 0.25) is 5.91 Å². The largest absolute Gasteiger partial charge is 0.342 e. The van der Waals surface area contributed by atoms with Crippen molar-refractivity contribution >= 4 is 5.91 Å². The normalized spacial score (nSPS) is 17.0. The van der Waals surface area contributed by atoms with Crippen LogP contribution < -0.4 is 0 Å². The molecule has 0 atom stereocenters. The molecule has 2 rings (SSSR count). The average Bonchev–Trinajstić information content (AvgIpc) is 2.94. The van der Waals surface area contributed by atoms with E-state index in [1.54, 1.807) is 0 Å². The Morgan fingerprint density at radius 3 is 2.48 bits per heavy atom. The lowest BCUT2D eigenvalue weighted by Crippen LogP contribution is -2.40. The number of aryl methyl sites for hydroxylation is 1. The van der Waals surface area contributed by atoms with Crippen LogP contribution in [0.15, 0.2) is 12.4 Å². The quantitative estimate of drug-likeness (QED) is 0.835. The zero-order valence-electron chi connectivity index (χ0n) is 13.9. The van der Waals surface area contributed by atoms with Gasteiger partial charge in [0.15, 0.2) is 0 Å². The number of carbonyl (C=O) groups excluding carboxylic acids is 1. The lowest BCUT2D eigenvalue weighted by Gasteiger charge is -2.33. The van der Waals surface area contributed by atoms with Crippen molar-refractivity contribution in [3.05, 3.63) is 18.0 Å². The molecule has 0 spiro atoms. The summed E-state index contributed by atoms with van der Waals surface area (Å²) in [5, 5.41) is 4.44. The minimum atomic E-state index is 0.125. The van der Waals surface area contributed by atoms with Crippen LogP contribution in [-0.4, -0.2) is 33.7 Å². The van der Waals surface area contributed by atoms with E-state index >= 15 is 0 Å². The highest BCUT2D eigenvalue weighted by atomic mass is 16.2. The van der Waals surface area contributed by atoms with E-state index in [1.807, 2.05) is 24.9 Å². The van der Waals surface area contributed by atoms with E-state index in [2.05, 4.69) is 29.8 Å². The Bertz CT molecular complexity index is 456. The van der Waals surface area contributed by atoms with Gasteiger partial charge < -0.3 is 4.90 Å². The summed E-state index contributed by atoms with van der Waals surface area (Å²) >= 11 is 0. The summed E-state index contributed by atoms with van der Waals surface area (Å²) in [5.41, 5.74) is 1.31. The van der Waals surface area contributed by atoms with Crippen LogP contribution in [0.4, 0.5) is 0 Å². The lowest BCUT2D eigenvalue weighted by molar-refractivity contribution is -0.135. The third kappa shape index (κ3) is 4.32. The predicted octanol–water partition coefficient (Wildman–Crippen LogP) is 3.29. The molecule has 1 saturated heterocycles. The fourth-order valence-corrected chi connectivity index (χ4v) is 2.92. The van der Waals surface area contributed by atoms with Crippen LogP contribution in [-0.2, 0) is 11.3 Å². The van der Waals surface area contributed by atoms with Crippen molar-refractivity contribution in [1.82, 2.24) is 14.7 Å². The van der Waals surface area contributed by atoms with E-state index in [4.69, 9.17) is 0 Å². The number of carbonyl (C=O) groups is 1. The van der Waals surface area contributed by atoms with E-state index in [-0.39, 0.29) is 5.92 Å². The van der Waals surface area contributed by atoms with Crippen LogP contribution in [0.25, 0.3) is 0 Å². The summed E-state index contributed by atoms with van der Waals surface area (Å²) in [7, 11) is 0. The Labute approximate surface area is 128 Å². The summed E-state index contributed by atoms with van der Waals surface area (Å²) in [6.45, 7) is 11.2. The second kappa shape index (κ2) is 7.10. The van der Waals surface area contributed by atoms with Crippen LogP contribution in [0, 0.1) is 11.8 Å². The van der Waals surface area contributed by atoms with Gasteiger partial charge in [-0.2, -0.15) is 5.10 Å². The molecule has 1 aromatic heterocycles. The highest BCUT2D eigenvalue weighted by Crippen LogP contribution is 2.22. The maximum Gasteiger partial charge on any atom is 0.225 e. The van der Waals surface area contributed by atoms with Crippen molar-refractivity contribution in [2.75, 3.05) is 13.1 Å². The molecule has 4 nitrogen and oxygen atoms in total. The minimum absolute atomic E-state index is 0.125. The summed E-state index contributed by atoms with van der Waals surface area (Å²) in [5.74, 6) is 1.71. The second-order valence-corrected chi connectivity index (χ2v) is 6.90. The zero-order chi connectivity index (χ0) is 15.4. The molecule has 1 aliphatic heterocycles. The van der Waals surface area contributed by atoms with E-state index in [9.17, 15) is 4.79 Å². The molecule has 4 heteroatoms. The maximum atomic E-state index is 12.0. The molecule has 1 aliphatic rings. The molecular formula is C17H29N3O. The molecule has 0 bridgehead atoms. The van der Waals surface area contributed by atoms with Crippen LogP contribution in [0.2, 0.25) is 0 Å². The van der Waals surface area contributed by atoms with E-state index < -0.39 is 0 Å². The Kier molecular flexibility index (Phi) is 5.43. The van der Waals surface area contributed by atoms with Crippen molar-refractivity contribution in [2.45, 2.75) is 59.4 Å². The molecule has 0 aliphatic carbocycles. The van der Waals surface area contributed by atoms with Crippen LogP contribution in [0.3, 0.4) is 0 Å². The van der Waals surface area contributed by atoms with Gasteiger partial charge >= 0.3 is 0 Å². The smallest absolute Gasteiger partial charge is 0.225 e. The van der Waals surface area contributed by atoms with Crippen LogP contribution in [0.5, 0.6) is 0 Å². The molecule has 118 valence electrons. The fraction of sp³-hybridized carbons (Fsp3) is 0.765. The summed E-state index contributed by atoms with van der Waals surface area (Å²) in [6.07, 6.45) is 7.59. The van der Waals surface area contributed by atoms with Gasteiger partial charge in [-0.3, -0.25) is 9.48 Å². The van der Waals surface area contributed by atoms with Gasteiger partial charge in [-0.15, -0.1) is 0 Å². The van der Waals surface area contributed by atoms with E-state index in [0.29, 0.717) is 11.8 Å². The first-order chi connectivity index (χ1) is 9.97. The third-order valence-corrected chi connectivity index (χ3v) is 4.51. The molecule has 1 amide bonds. The third-order valence-electron chi connectivity index (χ3n) is 4.51. The Morgan fingerprint density at radius 2 is 1.95 bits per heavy atom. The van der Waals surface area contributed by atoms with Gasteiger partial charge in [0.05, 0.1) is 6.20 Å². The SMILES string of the molecule is CC(C)C(=O)N1CCC(CCn2cc(C(C)C)cn2)CC1. The monoisotopic (exact) mass is 291 g/mol. The highest BCUT2D eigenvalue weighted by molar-refractivity contribution is 5.78. The van der Waals surface area contributed by atoms with Crippen molar-refractivity contribution in [3.8, 4) is 0 Å². The number of rotatable bonds is 5. The minimum Gasteiger partial charge on any atom is -0.342 e. The molecule has 1 fully saturated rings. The fourth-order valence-electron chi connectivity index (χ4n) is 2.92. The predicted molar refractivity (Wildman–Crippen MR) is 85.1 cm³/mol. The Hall–Kier alpha value is -1.32. The maximum absolute atomic E-state index is 12.0. The average molecular weight is 291 g/mol. The number of hydrogen-bond donors (Lipinski definition) is 0. The second-order valence-electron chi connectivity index (χ2n) is 6.90. The van der Waals surface area contributed by atoms with Crippen LogP contribution in [0.1, 0.15) is 58.4 Å². The van der Waals surface area contributed by atoms with Crippen molar-refractivity contribution in [2.24, 2.45) is 11.8 Å². The number of hydrogen-bond acceptors (Lipinski definition) is 2. The molecule has 1 aromatic rings. The summed E-state index contributed by atoms with van der Waals surface area (Å²) in [6, 6.07) is 0. The van der Waals surface area contributed by atoms with Gasteiger partial charge in [0.1, 0.15) is 0 Å². The Balaban J connectivity index is 1.74. The number of nitrogens with zero attached hydrogens (tertiary/aromatic N) is 3. The molecule has 0 N–H and O–H groups in total. The zero-order valence-corrected chi connectivity index (χ0v) is 13.9. The number of likely N-dealkylation sites (tertiary alicyclic amines) is 1. The number of piperidine rings is 1. The molecule has 2 heterocycles. The highest BCUT2D eigenvalue weighted by Gasteiger charge is 2.24. The molecule has 0 radical (unpaired) electrons. The summed E-state index contributed by atoms with van der Waals surface area (Å²) < 4.78 is 2.07.